The molecule has 2 aliphatic heterocycles. The molecule has 168 valence electrons. The lowest BCUT2D eigenvalue weighted by Gasteiger charge is -2.32. The van der Waals surface area contributed by atoms with Gasteiger partial charge in [0.15, 0.2) is 0 Å². The Kier molecular flexibility index (Phi) is 6.20. The molecule has 2 heterocycles. The van der Waals surface area contributed by atoms with Gasteiger partial charge in [0.05, 0.1) is 10.5 Å². The molecule has 0 amide bonds. The molecule has 0 radical (unpaired) electrons. The van der Waals surface area contributed by atoms with Gasteiger partial charge in [0.2, 0.25) is 10.0 Å². The summed E-state index contributed by atoms with van der Waals surface area (Å²) in [5, 5.41) is 0.462. The first-order chi connectivity index (χ1) is 14.5. The van der Waals surface area contributed by atoms with Crippen molar-refractivity contribution in [2.24, 2.45) is 5.92 Å². The quantitative estimate of drug-likeness (QED) is 0.501. The summed E-state index contributed by atoms with van der Waals surface area (Å²) in [5.74, 6) is 0.992. The van der Waals surface area contributed by atoms with Crippen molar-refractivity contribution in [3.63, 3.8) is 0 Å². The van der Waals surface area contributed by atoms with E-state index in [0.717, 1.165) is 23.7 Å². The smallest absolute Gasteiger partial charge is 0.240 e. The molecule has 8 heteroatoms. The van der Waals surface area contributed by atoms with Crippen LogP contribution in [0.1, 0.15) is 45.6 Å². The summed E-state index contributed by atoms with van der Waals surface area (Å²) in [4.78, 5) is 0.193. The fourth-order valence-corrected chi connectivity index (χ4v) is 6.07. The molecule has 0 aromatic heterocycles. The lowest BCUT2D eigenvalue weighted by Crippen LogP contribution is -2.40. The Morgan fingerprint density at radius 2 is 1.94 bits per heavy atom. The Balaban J connectivity index is 1.54. The Morgan fingerprint density at radius 3 is 2.58 bits per heavy atom. The van der Waals surface area contributed by atoms with Crippen molar-refractivity contribution >= 4 is 37.6 Å². The summed E-state index contributed by atoms with van der Waals surface area (Å²) in [7, 11) is -3.69. The van der Waals surface area contributed by atoms with Gasteiger partial charge in [0, 0.05) is 28.0 Å². The molecule has 0 spiro atoms. The highest BCUT2D eigenvalue weighted by atomic mass is 79.9. The molecule has 31 heavy (non-hydrogen) atoms. The molecule has 0 saturated carbocycles. The third-order valence-electron chi connectivity index (χ3n) is 6.65. The minimum atomic E-state index is -3.69. The van der Waals surface area contributed by atoms with E-state index in [2.05, 4.69) is 41.4 Å². The molecule has 2 bridgehead atoms. The van der Waals surface area contributed by atoms with E-state index in [-0.39, 0.29) is 28.7 Å². The van der Waals surface area contributed by atoms with E-state index in [1.807, 2.05) is 12.1 Å². The highest BCUT2D eigenvalue weighted by molar-refractivity contribution is 9.10. The molecule has 1 N–H and O–H groups in total. The normalized spacial score (nSPS) is 27.7. The standard InChI is InChI=1S/C23H27BrClNO4S/c1-15(2)23-12-11-22(3,30-23)21(13-23)29-20-6-4-5-19(25)18(20)14-26-31(27,28)17-9-7-16(24)8-10-17/h4-10,15,21,26H,11-14H2,1-3H3/t21-,22-,23+/m1/s1. The summed E-state index contributed by atoms with van der Waals surface area (Å²) < 4.78 is 41.8. The van der Waals surface area contributed by atoms with Crippen molar-refractivity contribution in [1.29, 1.82) is 0 Å². The Bertz CT molecular complexity index is 1080. The fourth-order valence-electron chi connectivity index (χ4n) is 4.57. The van der Waals surface area contributed by atoms with E-state index in [9.17, 15) is 8.42 Å². The SMILES string of the molecule is CC(C)[C@@]12CC[C@@](C)(O1)[C@H](Oc1cccc(Cl)c1CNS(=O)(=O)c1ccc(Br)cc1)C2. The second-order valence-electron chi connectivity index (χ2n) is 8.94. The zero-order valence-corrected chi connectivity index (χ0v) is 21.0. The van der Waals surface area contributed by atoms with Gasteiger partial charge >= 0.3 is 0 Å². The molecule has 4 rings (SSSR count). The van der Waals surface area contributed by atoms with E-state index >= 15 is 0 Å². The molecular formula is C23H27BrClNO4S. The molecule has 2 fully saturated rings. The van der Waals surface area contributed by atoms with E-state index in [0.29, 0.717) is 22.3 Å². The molecule has 2 aliphatic rings. The molecule has 0 aliphatic carbocycles. The fraction of sp³-hybridized carbons (Fsp3) is 0.478. The minimum absolute atomic E-state index is 0.0347. The van der Waals surface area contributed by atoms with Gasteiger partial charge in [-0.1, -0.05) is 47.4 Å². The van der Waals surface area contributed by atoms with Crippen LogP contribution in [-0.4, -0.2) is 25.7 Å². The van der Waals surface area contributed by atoms with Crippen LogP contribution in [-0.2, 0) is 21.3 Å². The highest BCUT2D eigenvalue weighted by Gasteiger charge is 2.61. The van der Waals surface area contributed by atoms with Crippen molar-refractivity contribution in [2.45, 2.75) is 68.8 Å². The molecule has 2 aromatic rings. The monoisotopic (exact) mass is 527 g/mol. The zero-order valence-electron chi connectivity index (χ0n) is 17.8. The number of hydrogen-bond donors (Lipinski definition) is 1. The number of ether oxygens (including phenoxy) is 2. The maximum Gasteiger partial charge on any atom is 0.240 e. The van der Waals surface area contributed by atoms with E-state index in [4.69, 9.17) is 21.1 Å². The molecular weight excluding hydrogens is 502 g/mol. The Hall–Kier alpha value is -1.12. The predicted octanol–water partition coefficient (Wildman–Crippen LogP) is 5.70. The van der Waals surface area contributed by atoms with Gasteiger partial charge in [-0.2, -0.15) is 0 Å². The van der Waals surface area contributed by atoms with Gasteiger partial charge in [0.25, 0.3) is 0 Å². The van der Waals surface area contributed by atoms with Crippen LogP contribution in [0.3, 0.4) is 0 Å². The van der Waals surface area contributed by atoms with Crippen LogP contribution in [0, 0.1) is 5.92 Å². The van der Waals surface area contributed by atoms with Crippen molar-refractivity contribution in [3.8, 4) is 5.75 Å². The van der Waals surface area contributed by atoms with Crippen molar-refractivity contribution in [2.75, 3.05) is 0 Å². The Morgan fingerprint density at radius 1 is 1.23 bits per heavy atom. The van der Waals surface area contributed by atoms with E-state index < -0.39 is 10.0 Å². The van der Waals surface area contributed by atoms with E-state index in [1.165, 1.54) is 0 Å². The van der Waals surface area contributed by atoms with Crippen molar-refractivity contribution in [1.82, 2.24) is 4.72 Å². The van der Waals surface area contributed by atoms with Crippen LogP contribution in [0.2, 0.25) is 5.02 Å². The predicted molar refractivity (Wildman–Crippen MR) is 125 cm³/mol. The lowest BCUT2D eigenvalue weighted by atomic mass is 9.75. The number of nitrogens with one attached hydrogen (secondary N) is 1. The molecule has 2 aromatic carbocycles. The zero-order chi connectivity index (χ0) is 22.4. The number of benzene rings is 2. The number of halogens is 2. The van der Waals surface area contributed by atoms with Gasteiger partial charge in [-0.25, -0.2) is 13.1 Å². The average molecular weight is 529 g/mol. The minimum Gasteiger partial charge on any atom is -0.487 e. The topological polar surface area (TPSA) is 64.6 Å². The highest BCUT2D eigenvalue weighted by Crippen LogP contribution is 2.55. The van der Waals surface area contributed by atoms with Crippen LogP contribution in [0.5, 0.6) is 5.75 Å². The van der Waals surface area contributed by atoms with Crippen molar-refractivity contribution < 1.29 is 17.9 Å². The third-order valence-corrected chi connectivity index (χ3v) is 8.95. The van der Waals surface area contributed by atoms with Gasteiger partial charge in [-0.15, -0.1) is 0 Å². The second-order valence-corrected chi connectivity index (χ2v) is 12.0. The summed E-state index contributed by atoms with van der Waals surface area (Å²) >= 11 is 9.77. The molecule has 2 saturated heterocycles. The van der Waals surface area contributed by atoms with Crippen LogP contribution in [0.25, 0.3) is 0 Å². The molecule has 5 nitrogen and oxygen atoms in total. The average Bonchev–Trinajstić information content (AvgIpc) is 3.20. The van der Waals surface area contributed by atoms with Crippen LogP contribution >= 0.6 is 27.5 Å². The first-order valence-electron chi connectivity index (χ1n) is 10.4. The summed E-state index contributed by atoms with van der Waals surface area (Å²) in [6, 6.07) is 11.9. The summed E-state index contributed by atoms with van der Waals surface area (Å²) in [6.07, 6.45) is 2.69. The van der Waals surface area contributed by atoms with E-state index in [1.54, 1.807) is 30.3 Å². The van der Waals surface area contributed by atoms with Gasteiger partial charge in [-0.3, -0.25) is 0 Å². The second kappa shape index (κ2) is 8.34. The van der Waals surface area contributed by atoms with Crippen molar-refractivity contribution in [3.05, 3.63) is 57.5 Å². The van der Waals surface area contributed by atoms with Gasteiger partial charge in [-0.05, 0) is 62.1 Å². The maximum absolute atomic E-state index is 12.7. The first-order valence-corrected chi connectivity index (χ1v) is 13.1. The first kappa shape index (κ1) is 23.1. The van der Waals surface area contributed by atoms with Crippen LogP contribution < -0.4 is 9.46 Å². The van der Waals surface area contributed by atoms with Gasteiger partial charge in [0.1, 0.15) is 17.5 Å². The largest absolute Gasteiger partial charge is 0.487 e. The van der Waals surface area contributed by atoms with Gasteiger partial charge < -0.3 is 9.47 Å². The Labute approximate surface area is 197 Å². The number of hydrogen-bond acceptors (Lipinski definition) is 4. The lowest BCUT2D eigenvalue weighted by molar-refractivity contribution is -0.0770. The third kappa shape index (κ3) is 4.40. The summed E-state index contributed by atoms with van der Waals surface area (Å²) in [5.41, 5.74) is 0.122. The van der Waals surface area contributed by atoms with Crippen LogP contribution in [0.15, 0.2) is 51.8 Å². The number of rotatable bonds is 7. The maximum atomic E-state index is 12.7. The summed E-state index contributed by atoms with van der Waals surface area (Å²) in [6.45, 7) is 6.52. The number of fused-ring (bicyclic) bond motifs is 2. The van der Waals surface area contributed by atoms with Crippen LogP contribution in [0.4, 0.5) is 0 Å². The number of sulfonamides is 1. The molecule has 0 unspecified atom stereocenters. The molecule has 3 atom stereocenters.